The van der Waals surface area contributed by atoms with Crippen LogP contribution in [-0.4, -0.2) is 33.8 Å². The molecule has 2 aromatic carbocycles. The molecule has 1 aliphatic carbocycles. The number of ether oxygens (including phenoxy) is 1. The maximum atomic E-state index is 12.8. The lowest BCUT2D eigenvalue weighted by Crippen LogP contribution is -2.48. The van der Waals surface area contributed by atoms with Crippen molar-refractivity contribution in [1.29, 1.82) is 5.26 Å². The van der Waals surface area contributed by atoms with Crippen LogP contribution >= 0.6 is 0 Å². The van der Waals surface area contributed by atoms with Crippen LogP contribution in [0, 0.1) is 17.2 Å². The lowest BCUT2D eigenvalue weighted by atomic mass is 9.98. The van der Waals surface area contributed by atoms with Crippen molar-refractivity contribution >= 4 is 11.9 Å². The number of esters is 1. The number of amides is 1. The van der Waals surface area contributed by atoms with Crippen LogP contribution in [0.4, 0.5) is 0 Å². The number of hydrogen-bond acceptors (Lipinski definition) is 5. The van der Waals surface area contributed by atoms with Gasteiger partial charge in [0.1, 0.15) is 16.8 Å². The van der Waals surface area contributed by atoms with Gasteiger partial charge in [-0.3, -0.25) is 4.79 Å². The molecule has 1 heterocycles. The van der Waals surface area contributed by atoms with E-state index in [1.807, 2.05) is 60.7 Å². The Balaban J connectivity index is 1.53. The Morgan fingerprint density at radius 3 is 2.42 bits per heavy atom. The molecule has 1 aromatic heterocycles. The van der Waals surface area contributed by atoms with Crippen LogP contribution < -0.4 is 5.32 Å². The topological polar surface area (TPSA) is 97.0 Å². The van der Waals surface area contributed by atoms with Gasteiger partial charge < -0.3 is 10.1 Å². The molecular formula is C24H22N4O3. The second-order valence-corrected chi connectivity index (χ2v) is 7.75. The fourth-order valence-electron chi connectivity index (χ4n) is 3.46. The summed E-state index contributed by atoms with van der Waals surface area (Å²) in [5.41, 5.74) is 1.35. The largest absolute Gasteiger partial charge is 0.452 e. The van der Waals surface area contributed by atoms with E-state index in [0.29, 0.717) is 5.69 Å². The third-order valence-electron chi connectivity index (χ3n) is 5.36. The van der Waals surface area contributed by atoms with Crippen molar-refractivity contribution in [1.82, 2.24) is 15.1 Å². The summed E-state index contributed by atoms with van der Waals surface area (Å²) in [6.07, 6.45) is 3.41. The lowest BCUT2D eigenvalue weighted by Gasteiger charge is -2.22. The highest BCUT2D eigenvalue weighted by Crippen LogP contribution is 2.39. The first-order valence-corrected chi connectivity index (χ1v) is 10.1. The van der Waals surface area contributed by atoms with Crippen LogP contribution in [0.2, 0.25) is 0 Å². The lowest BCUT2D eigenvalue weighted by molar-refractivity contribution is -0.125. The highest BCUT2D eigenvalue weighted by molar-refractivity contribution is 5.97. The Bertz CT molecular complexity index is 1130. The molecule has 0 unspecified atom stereocenters. The molecule has 1 N–H and O–H groups in total. The van der Waals surface area contributed by atoms with Crippen molar-refractivity contribution in [2.45, 2.75) is 25.3 Å². The van der Waals surface area contributed by atoms with E-state index in [2.05, 4.69) is 16.5 Å². The monoisotopic (exact) mass is 414 g/mol. The molecule has 31 heavy (non-hydrogen) atoms. The molecule has 0 saturated heterocycles. The first kappa shape index (κ1) is 20.4. The Morgan fingerprint density at radius 1 is 1.16 bits per heavy atom. The number of aromatic nitrogens is 2. The molecule has 0 bridgehead atoms. The SMILES string of the molecule is C[C@](C#N)(NC(=O)COC(=O)c1cn(-c2ccccc2)nc1-c1ccccc1)C1CC1. The van der Waals surface area contributed by atoms with Gasteiger partial charge in [0.05, 0.1) is 11.8 Å². The molecule has 0 radical (unpaired) electrons. The summed E-state index contributed by atoms with van der Waals surface area (Å²) in [7, 11) is 0. The molecule has 1 fully saturated rings. The maximum Gasteiger partial charge on any atom is 0.342 e. The van der Waals surface area contributed by atoms with Crippen LogP contribution in [0.1, 0.15) is 30.1 Å². The summed E-state index contributed by atoms with van der Waals surface area (Å²) in [4.78, 5) is 25.2. The molecule has 1 aliphatic rings. The van der Waals surface area contributed by atoms with E-state index in [0.717, 1.165) is 24.1 Å². The van der Waals surface area contributed by atoms with Gasteiger partial charge in [-0.05, 0) is 37.8 Å². The van der Waals surface area contributed by atoms with Crippen LogP contribution in [0.3, 0.4) is 0 Å². The van der Waals surface area contributed by atoms with E-state index in [4.69, 9.17) is 4.74 Å². The molecule has 1 amide bonds. The molecule has 4 rings (SSSR count). The van der Waals surface area contributed by atoms with E-state index in [1.165, 1.54) is 0 Å². The van der Waals surface area contributed by atoms with Crippen molar-refractivity contribution in [2.75, 3.05) is 6.61 Å². The molecular weight excluding hydrogens is 392 g/mol. The third-order valence-corrected chi connectivity index (χ3v) is 5.36. The molecule has 3 aromatic rings. The van der Waals surface area contributed by atoms with Crippen molar-refractivity contribution in [2.24, 2.45) is 5.92 Å². The zero-order valence-electron chi connectivity index (χ0n) is 17.1. The van der Waals surface area contributed by atoms with Crippen LogP contribution in [0.25, 0.3) is 16.9 Å². The van der Waals surface area contributed by atoms with Gasteiger partial charge in [0.25, 0.3) is 5.91 Å². The quantitative estimate of drug-likeness (QED) is 0.597. The zero-order chi connectivity index (χ0) is 21.8. The average Bonchev–Trinajstić information content (AvgIpc) is 3.58. The molecule has 1 saturated carbocycles. The Morgan fingerprint density at radius 2 is 1.81 bits per heavy atom. The maximum absolute atomic E-state index is 12.8. The van der Waals surface area contributed by atoms with Gasteiger partial charge in [-0.2, -0.15) is 10.4 Å². The van der Waals surface area contributed by atoms with Gasteiger partial charge in [0.15, 0.2) is 6.61 Å². The molecule has 1 atom stereocenters. The zero-order valence-corrected chi connectivity index (χ0v) is 17.1. The van der Waals surface area contributed by atoms with Gasteiger partial charge in [0.2, 0.25) is 0 Å². The number of carbonyl (C=O) groups is 2. The van der Waals surface area contributed by atoms with E-state index in [9.17, 15) is 14.9 Å². The number of nitriles is 1. The molecule has 0 aliphatic heterocycles. The Labute approximate surface area is 180 Å². The molecule has 0 spiro atoms. The summed E-state index contributed by atoms with van der Waals surface area (Å²) >= 11 is 0. The fourth-order valence-corrected chi connectivity index (χ4v) is 3.46. The van der Waals surface area contributed by atoms with E-state index < -0.39 is 24.0 Å². The van der Waals surface area contributed by atoms with Gasteiger partial charge in [-0.15, -0.1) is 0 Å². The minimum atomic E-state index is -0.934. The number of nitrogens with one attached hydrogen (secondary N) is 1. The molecule has 156 valence electrons. The van der Waals surface area contributed by atoms with Gasteiger partial charge in [-0.1, -0.05) is 48.5 Å². The van der Waals surface area contributed by atoms with Crippen LogP contribution in [0.5, 0.6) is 0 Å². The number of para-hydroxylation sites is 1. The Kier molecular flexibility index (Phi) is 5.54. The molecule has 7 nitrogen and oxygen atoms in total. The minimum Gasteiger partial charge on any atom is -0.452 e. The summed E-state index contributed by atoms with van der Waals surface area (Å²) in [5.74, 6) is -1.01. The highest BCUT2D eigenvalue weighted by Gasteiger charge is 2.43. The van der Waals surface area contributed by atoms with Crippen molar-refractivity contribution in [3.8, 4) is 23.0 Å². The predicted octanol–water partition coefficient (Wildman–Crippen LogP) is 3.50. The van der Waals surface area contributed by atoms with E-state index in [-0.39, 0.29) is 11.5 Å². The first-order chi connectivity index (χ1) is 15.0. The number of carbonyl (C=O) groups excluding carboxylic acids is 2. The normalized spacial score (nSPS) is 14.8. The second-order valence-electron chi connectivity index (χ2n) is 7.75. The smallest absolute Gasteiger partial charge is 0.342 e. The van der Waals surface area contributed by atoms with Gasteiger partial charge in [0, 0.05) is 11.8 Å². The fraction of sp³-hybridized carbons (Fsp3) is 0.250. The van der Waals surface area contributed by atoms with E-state index >= 15 is 0 Å². The third kappa shape index (κ3) is 4.48. The number of nitrogens with zero attached hydrogens (tertiary/aromatic N) is 3. The predicted molar refractivity (Wildman–Crippen MR) is 114 cm³/mol. The van der Waals surface area contributed by atoms with Gasteiger partial charge >= 0.3 is 5.97 Å². The Hall–Kier alpha value is -3.92. The second kappa shape index (κ2) is 8.44. The van der Waals surface area contributed by atoms with Gasteiger partial charge in [-0.25, -0.2) is 9.48 Å². The number of hydrogen-bond donors (Lipinski definition) is 1. The molecule has 7 heteroatoms. The highest BCUT2D eigenvalue weighted by atomic mass is 16.5. The summed E-state index contributed by atoms with van der Waals surface area (Å²) in [6.45, 7) is 1.23. The van der Waals surface area contributed by atoms with Crippen molar-refractivity contribution < 1.29 is 14.3 Å². The summed E-state index contributed by atoms with van der Waals surface area (Å²) < 4.78 is 6.89. The van der Waals surface area contributed by atoms with Crippen molar-refractivity contribution in [3.05, 3.63) is 72.4 Å². The number of rotatable bonds is 7. The van der Waals surface area contributed by atoms with Crippen LogP contribution in [-0.2, 0) is 9.53 Å². The summed E-state index contributed by atoms with van der Waals surface area (Å²) in [5, 5.41) is 16.7. The minimum absolute atomic E-state index is 0.144. The van der Waals surface area contributed by atoms with E-state index in [1.54, 1.807) is 17.8 Å². The average molecular weight is 414 g/mol. The number of benzene rings is 2. The standard InChI is InChI=1S/C24H22N4O3/c1-24(16-25,18-12-13-18)26-21(29)15-31-23(30)20-14-28(19-10-6-3-7-11-19)27-22(20)17-8-4-2-5-9-17/h2-11,14,18H,12-13,15H2,1H3,(H,26,29)/t24-/m1/s1. The van der Waals surface area contributed by atoms with Crippen LogP contribution in [0.15, 0.2) is 66.9 Å². The first-order valence-electron chi connectivity index (χ1n) is 10.1. The van der Waals surface area contributed by atoms with Crippen molar-refractivity contribution in [3.63, 3.8) is 0 Å². The summed E-state index contributed by atoms with van der Waals surface area (Å²) in [6, 6.07) is 20.9.